The lowest BCUT2D eigenvalue weighted by molar-refractivity contribution is -0.126. The van der Waals surface area contributed by atoms with Gasteiger partial charge in [-0.2, -0.15) is 10.1 Å². The molecule has 0 bridgehead atoms. The van der Waals surface area contributed by atoms with Crippen LogP contribution in [0.4, 0.5) is 27.8 Å². The van der Waals surface area contributed by atoms with E-state index in [4.69, 9.17) is 24.5 Å². The SMILES string of the molecule is C=CC(=O)N1CCCC1c1nnc(N2C[C@H](CS(C)(=O)=O)[C@H]2C)c2cnc(Nc3ccnc(N4CC[C@@H](OCCCN5CCOCC5)[C@@H](F)C4)n3)cc12. The van der Waals surface area contributed by atoms with Crippen molar-refractivity contribution in [2.75, 3.05) is 92.8 Å². The summed E-state index contributed by atoms with van der Waals surface area (Å²) in [6.45, 7) is 12.3. The monoisotopic (exact) mass is 752 g/mol. The Bertz CT molecular complexity index is 1900. The smallest absolute Gasteiger partial charge is 0.246 e. The van der Waals surface area contributed by atoms with E-state index in [-0.39, 0.29) is 36.2 Å². The fourth-order valence-electron chi connectivity index (χ4n) is 7.86. The summed E-state index contributed by atoms with van der Waals surface area (Å²) in [6, 6.07) is 3.27. The molecule has 3 aromatic heterocycles. The van der Waals surface area contributed by atoms with E-state index < -0.39 is 22.1 Å². The molecule has 0 saturated carbocycles. The molecule has 1 N–H and O–H groups in total. The minimum absolute atomic E-state index is 0.0190. The zero-order valence-electron chi connectivity index (χ0n) is 30.4. The molecule has 0 aliphatic carbocycles. The third-order valence-corrected chi connectivity index (χ3v) is 11.8. The molecule has 0 radical (unpaired) electrons. The van der Waals surface area contributed by atoms with E-state index in [0.717, 1.165) is 62.9 Å². The van der Waals surface area contributed by atoms with Crippen LogP contribution in [0, 0.1) is 5.92 Å². The number of fused-ring (bicyclic) bond motifs is 1. The van der Waals surface area contributed by atoms with Crippen LogP contribution in [0.15, 0.2) is 37.2 Å². The highest BCUT2D eigenvalue weighted by molar-refractivity contribution is 7.90. The molecule has 4 fully saturated rings. The second kappa shape index (κ2) is 16.1. The number of hydrogen-bond donors (Lipinski definition) is 1. The van der Waals surface area contributed by atoms with Gasteiger partial charge in [0, 0.05) is 87.3 Å². The Hall–Kier alpha value is -4.06. The van der Waals surface area contributed by atoms with Crippen LogP contribution in [-0.4, -0.2) is 145 Å². The highest BCUT2D eigenvalue weighted by Crippen LogP contribution is 2.40. The predicted molar refractivity (Wildman–Crippen MR) is 200 cm³/mol. The molecule has 286 valence electrons. The minimum Gasteiger partial charge on any atom is -0.379 e. The van der Waals surface area contributed by atoms with E-state index >= 15 is 4.39 Å². The minimum atomic E-state index is -3.13. The van der Waals surface area contributed by atoms with Crippen molar-refractivity contribution in [1.82, 2.24) is 34.9 Å². The van der Waals surface area contributed by atoms with Crippen LogP contribution < -0.4 is 15.1 Å². The fraction of sp³-hybridized carbons (Fsp3) is 0.611. The van der Waals surface area contributed by atoms with Crippen molar-refractivity contribution in [3.05, 3.63) is 42.9 Å². The zero-order chi connectivity index (χ0) is 37.1. The maximum absolute atomic E-state index is 15.3. The van der Waals surface area contributed by atoms with Crippen molar-refractivity contribution in [3.8, 4) is 0 Å². The first-order valence-electron chi connectivity index (χ1n) is 18.5. The fourth-order valence-corrected chi connectivity index (χ4v) is 9.02. The van der Waals surface area contributed by atoms with E-state index in [1.165, 1.54) is 12.3 Å². The number of rotatable bonds is 13. The molecule has 4 saturated heterocycles. The Kier molecular flexibility index (Phi) is 11.3. The van der Waals surface area contributed by atoms with Crippen LogP contribution in [-0.2, 0) is 24.1 Å². The average molecular weight is 753 g/mol. The maximum Gasteiger partial charge on any atom is 0.246 e. The second-order valence-electron chi connectivity index (χ2n) is 14.5. The quantitative estimate of drug-likeness (QED) is 0.201. The standard InChI is InChI=1S/C36H49FN10O5S/c1-4-33(48)46-12-5-7-29(46)34-26-19-32(39-20-27(26)35(43-42-34)47-21-25(24(47)2)23-53(3,49)50)40-31-8-10-38-36(41-31)45-13-9-30(28(37)22-45)52-16-6-11-44-14-17-51-18-15-44/h4,8,10,19-20,24-25,28-30H,1,5-7,9,11-18,21-23H2,2-3H3,(H,38,39,40,41)/t24-,25-,28+,29?,30-/m1/s1. The summed E-state index contributed by atoms with van der Waals surface area (Å²) < 4.78 is 50.7. The number of nitrogens with one attached hydrogen (secondary N) is 1. The zero-order valence-corrected chi connectivity index (χ0v) is 31.3. The number of anilines is 4. The summed E-state index contributed by atoms with van der Waals surface area (Å²) in [5.41, 5.74) is 0.659. The van der Waals surface area contributed by atoms with Gasteiger partial charge in [0.15, 0.2) is 5.82 Å². The van der Waals surface area contributed by atoms with E-state index in [0.29, 0.717) is 61.8 Å². The molecule has 15 nitrogen and oxygen atoms in total. The molecule has 4 aliphatic rings. The number of amides is 1. The summed E-state index contributed by atoms with van der Waals surface area (Å²) in [6.07, 6.45) is 7.28. The van der Waals surface area contributed by atoms with E-state index in [1.807, 2.05) is 17.9 Å². The third kappa shape index (κ3) is 8.53. The van der Waals surface area contributed by atoms with Gasteiger partial charge in [0.05, 0.1) is 43.4 Å². The van der Waals surface area contributed by atoms with Gasteiger partial charge in [-0.1, -0.05) is 6.58 Å². The molecule has 0 spiro atoms. The molecule has 3 aromatic rings. The summed E-state index contributed by atoms with van der Waals surface area (Å²) in [5.74, 6) is 1.95. The highest BCUT2D eigenvalue weighted by atomic mass is 32.2. The first-order valence-corrected chi connectivity index (χ1v) is 20.6. The van der Waals surface area contributed by atoms with Gasteiger partial charge in [0.1, 0.15) is 27.6 Å². The van der Waals surface area contributed by atoms with Crippen molar-refractivity contribution >= 4 is 49.9 Å². The number of pyridine rings is 1. The van der Waals surface area contributed by atoms with Gasteiger partial charge < -0.3 is 29.5 Å². The molecule has 5 atom stereocenters. The number of sulfone groups is 1. The Morgan fingerprint density at radius 2 is 1.94 bits per heavy atom. The Morgan fingerprint density at radius 3 is 2.70 bits per heavy atom. The molecule has 0 aromatic carbocycles. The van der Waals surface area contributed by atoms with Gasteiger partial charge in [-0.05, 0) is 50.8 Å². The number of hydrogen-bond acceptors (Lipinski definition) is 14. The van der Waals surface area contributed by atoms with Crippen molar-refractivity contribution in [2.45, 2.75) is 57.0 Å². The van der Waals surface area contributed by atoms with Crippen LogP contribution in [0.5, 0.6) is 0 Å². The summed E-state index contributed by atoms with van der Waals surface area (Å²) in [5, 5.41) is 14.2. The van der Waals surface area contributed by atoms with Crippen molar-refractivity contribution in [2.24, 2.45) is 5.92 Å². The lowest BCUT2D eigenvalue weighted by Gasteiger charge is -2.47. The number of piperidine rings is 1. The van der Waals surface area contributed by atoms with Gasteiger partial charge in [-0.25, -0.2) is 22.8 Å². The number of carbonyl (C=O) groups is 1. The van der Waals surface area contributed by atoms with E-state index in [9.17, 15) is 13.2 Å². The number of aromatic nitrogens is 5. The third-order valence-electron chi connectivity index (χ3n) is 10.8. The largest absolute Gasteiger partial charge is 0.379 e. The molecule has 7 rings (SSSR count). The first-order chi connectivity index (χ1) is 25.6. The first kappa shape index (κ1) is 37.3. The van der Waals surface area contributed by atoms with E-state index in [2.05, 4.69) is 31.8 Å². The normalized spacial score (nSPS) is 25.4. The molecule has 53 heavy (non-hydrogen) atoms. The maximum atomic E-state index is 15.3. The topological polar surface area (TPSA) is 159 Å². The summed E-state index contributed by atoms with van der Waals surface area (Å²) in [7, 11) is -3.13. The number of morpholine rings is 1. The van der Waals surface area contributed by atoms with E-state index in [1.54, 1.807) is 23.4 Å². The van der Waals surface area contributed by atoms with Crippen molar-refractivity contribution < 1.29 is 27.1 Å². The van der Waals surface area contributed by atoms with Crippen LogP contribution >= 0.6 is 0 Å². The average Bonchev–Trinajstić information content (AvgIpc) is 3.65. The lowest BCUT2D eigenvalue weighted by atomic mass is 9.91. The van der Waals surface area contributed by atoms with Crippen LogP contribution in [0.2, 0.25) is 0 Å². The highest BCUT2D eigenvalue weighted by Gasteiger charge is 2.40. The van der Waals surface area contributed by atoms with Crippen molar-refractivity contribution in [3.63, 3.8) is 0 Å². The van der Waals surface area contributed by atoms with Gasteiger partial charge >= 0.3 is 0 Å². The number of ether oxygens (including phenoxy) is 2. The molecule has 4 aliphatic heterocycles. The summed E-state index contributed by atoms with van der Waals surface area (Å²) >= 11 is 0. The van der Waals surface area contributed by atoms with Gasteiger partial charge in [-0.3, -0.25) is 9.69 Å². The number of alkyl halides is 1. The predicted octanol–water partition coefficient (Wildman–Crippen LogP) is 2.93. The number of halogens is 1. The Morgan fingerprint density at radius 1 is 1.11 bits per heavy atom. The second-order valence-corrected chi connectivity index (χ2v) is 16.7. The van der Waals surface area contributed by atoms with Gasteiger partial charge in [-0.15, -0.1) is 5.10 Å². The Balaban J connectivity index is 1.06. The van der Waals surface area contributed by atoms with Gasteiger partial charge in [0.2, 0.25) is 11.9 Å². The molecule has 1 amide bonds. The molecular formula is C36H49FN10O5S. The lowest BCUT2D eigenvalue weighted by Crippen LogP contribution is -2.57. The molecule has 17 heteroatoms. The van der Waals surface area contributed by atoms with Crippen LogP contribution in [0.1, 0.15) is 44.3 Å². The van der Waals surface area contributed by atoms with Crippen LogP contribution in [0.25, 0.3) is 10.8 Å². The number of carbonyl (C=O) groups excluding carboxylic acids is 1. The summed E-state index contributed by atoms with van der Waals surface area (Å²) in [4.78, 5) is 34.7. The Labute approximate surface area is 309 Å². The number of nitrogens with zero attached hydrogens (tertiary/aromatic N) is 9. The molecular weight excluding hydrogens is 704 g/mol. The van der Waals surface area contributed by atoms with Gasteiger partial charge in [0.25, 0.3) is 0 Å². The molecule has 7 heterocycles. The number of likely N-dealkylation sites (tertiary alicyclic amines) is 1. The van der Waals surface area contributed by atoms with Crippen molar-refractivity contribution in [1.29, 1.82) is 0 Å². The molecule has 1 unspecified atom stereocenters. The van der Waals surface area contributed by atoms with Crippen LogP contribution in [0.3, 0.4) is 0 Å².